The van der Waals surface area contributed by atoms with Crippen LogP contribution in [-0.2, 0) is 40.1 Å². The van der Waals surface area contributed by atoms with Gasteiger partial charge in [0.15, 0.2) is 17.4 Å². The van der Waals surface area contributed by atoms with Gasteiger partial charge in [-0.25, -0.2) is 8.78 Å². The lowest BCUT2D eigenvalue weighted by Crippen LogP contribution is -2.61. The summed E-state index contributed by atoms with van der Waals surface area (Å²) in [7, 11) is 0. The van der Waals surface area contributed by atoms with Gasteiger partial charge in [0.05, 0.1) is 12.5 Å². The molecule has 4 N–H and O–H groups in total. The summed E-state index contributed by atoms with van der Waals surface area (Å²) in [6, 6.07) is 21.1. The molecule has 1 fully saturated rings. The lowest BCUT2D eigenvalue weighted by atomic mass is 9.67. The summed E-state index contributed by atoms with van der Waals surface area (Å²) in [5.74, 6) is -12.1. The molecule has 3 atom stereocenters. The molecule has 4 aromatic carbocycles. The molecule has 17 heteroatoms. The van der Waals surface area contributed by atoms with E-state index in [1.54, 1.807) is 99.6 Å². The highest BCUT2D eigenvalue weighted by molar-refractivity contribution is 6.08. The Bertz CT molecular complexity index is 2190. The molecule has 5 rings (SSSR count). The van der Waals surface area contributed by atoms with E-state index in [0.717, 1.165) is 5.56 Å². The molecule has 62 heavy (non-hydrogen) atoms. The second kappa shape index (κ2) is 20.9. The van der Waals surface area contributed by atoms with Gasteiger partial charge in [0.2, 0.25) is 29.4 Å². The molecule has 0 aromatic heterocycles. The Morgan fingerprint density at radius 1 is 0.774 bits per heavy atom. The van der Waals surface area contributed by atoms with Crippen LogP contribution in [0.2, 0.25) is 0 Å². The molecular weight excluding hydrogens is 818 g/mol. The number of carbonyl (C=O) groups is 5. The number of para-hydroxylation sites is 1. The van der Waals surface area contributed by atoms with Gasteiger partial charge in [0, 0.05) is 24.2 Å². The number of carbonyl (C=O) groups excluding carboxylic acids is 5. The highest BCUT2D eigenvalue weighted by Gasteiger charge is 2.52. The van der Waals surface area contributed by atoms with Gasteiger partial charge in [-0.15, -0.1) is 0 Å². The van der Waals surface area contributed by atoms with E-state index >= 15 is 0 Å². The molecule has 1 aliphatic carbocycles. The standard InChI is InChI=1S/C45H47F4N3O10/c1-44(2,3)62-37(55)24-34(35(53)26-60-40-38(48)31(46)23-32(47)39(40)49)52-43(58)45(20-11-21-45)42(57)51-33(18-19-36(54)59-25-27-12-6-4-7-13-27)41(56)50-28-14-10-17-30(22-28)61-29-15-8-5-9-16-29/h4-10,12-17,22-23,33-35,53H,11,18-21,24-26H2,1-3H3,(H,50,56)(H,51,57)(H,52,58). The number of aliphatic hydroxyl groups is 1. The predicted octanol–water partition coefficient (Wildman–Crippen LogP) is 6.81. The molecule has 0 bridgehead atoms. The third-order valence-corrected chi connectivity index (χ3v) is 9.72. The average molecular weight is 866 g/mol. The van der Waals surface area contributed by atoms with Crippen LogP contribution in [0, 0.1) is 28.7 Å². The zero-order chi connectivity index (χ0) is 45.0. The first kappa shape index (κ1) is 46.6. The Morgan fingerprint density at radius 2 is 1.39 bits per heavy atom. The minimum atomic E-state index is -1.96. The number of hydrogen-bond acceptors (Lipinski definition) is 10. The number of hydrogen-bond donors (Lipinski definition) is 4. The predicted molar refractivity (Wildman–Crippen MR) is 215 cm³/mol. The molecule has 1 saturated carbocycles. The number of benzene rings is 4. The highest BCUT2D eigenvalue weighted by atomic mass is 19.2. The Hall–Kier alpha value is -6.49. The minimum Gasteiger partial charge on any atom is -0.485 e. The lowest BCUT2D eigenvalue weighted by molar-refractivity contribution is -0.157. The Kier molecular flexibility index (Phi) is 15.7. The maximum absolute atomic E-state index is 14.4. The third-order valence-electron chi connectivity index (χ3n) is 9.72. The van der Waals surface area contributed by atoms with E-state index in [1.165, 1.54) is 0 Å². The summed E-state index contributed by atoms with van der Waals surface area (Å²) in [4.78, 5) is 67.9. The SMILES string of the molecule is CC(C)(C)OC(=O)CC(NC(=O)C1(C(=O)NC(CCC(=O)OCc2ccccc2)C(=O)Nc2cccc(Oc3ccccc3)c2)CCC1)C(O)COc1c(F)c(F)cc(F)c1F. The van der Waals surface area contributed by atoms with Crippen molar-refractivity contribution >= 4 is 35.3 Å². The average Bonchev–Trinajstić information content (AvgIpc) is 3.20. The number of anilines is 1. The molecule has 0 spiro atoms. The van der Waals surface area contributed by atoms with Crippen molar-refractivity contribution in [3.63, 3.8) is 0 Å². The van der Waals surface area contributed by atoms with Crippen molar-refractivity contribution in [3.05, 3.63) is 120 Å². The van der Waals surface area contributed by atoms with Crippen LogP contribution in [0.5, 0.6) is 17.2 Å². The Balaban J connectivity index is 1.33. The van der Waals surface area contributed by atoms with E-state index in [9.17, 15) is 46.6 Å². The summed E-state index contributed by atoms with van der Waals surface area (Å²) < 4.78 is 77.9. The number of aliphatic hydroxyl groups excluding tert-OH is 1. The van der Waals surface area contributed by atoms with Crippen LogP contribution < -0.4 is 25.4 Å². The fourth-order valence-electron chi connectivity index (χ4n) is 6.33. The second-order valence-corrected chi connectivity index (χ2v) is 15.6. The fourth-order valence-corrected chi connectivity index (χ4v) is 6.33. The summed E-state index contributed by atoms with van der Waals surface area (Å²) in [6.45, 7) is 3.55. The quantitative estimate of drug-likeness (QED) is 0.0339. The number of ether oxygens (including phenoxy) is 4. The van der Waals surface area contributed by atoms with Crippen molar-refractivity contribution in [2.24, 2.45) is 5.41 Å². The topological polar surface area (TPSA) is 179 Å². The largest absolute Gasteiger partial charge is 0.485 e. The molecule has 4 aromatic rings. The second-order valence-electron chi connectivity index (χ2n) is 15.6. The van der Waals surface area contributed by atoms with Crippen molar-refractivity contribution in [1.82, 2.24) is 10.6 Å². The molecule has 0 radical (unpaired) electrons. The molecule has 0 aliphatic heterocycles. The first-order valence-electron chi connectivity index (χ1n) is 19.7. The number of esters is 2. The van der Waals surface area contributed by atoms with Crippen LogP contribution in [0.25, 0.3) is 0 Å². The van der Waals surface area contributed by atoms with Gasteiger partial charge in [-0.05, 0) is 69.9 Å². The van der Waals surface area contributed by atoms with Crippen LogP contribution in [-0.4, -0.2) is 65.2 Å². The summed E-state index contributed by atoms with van der Waals surface area (Å²) >= 11 is 0. The van der Waals surface area contributed by atoms with Gasteiger partial charge in [0.1, 0.15) is 47.9 Å². The maximum Gasteiger partial charge on any atom is 0.308 e. The van der Waals surface area contributed by atoms with Gasteiger partial charge in [-0.3, -0.25) is 24.0 Å². The van der Waals surface area contributed by atoms with Gasteiger partial charge in [0.25, 0.3) is 0 Å². The zero-order valence-corrected chi connectivity index (χ0v) is 34.2. The van der Waals surface area contributed by atoms with Crippen molar-refractivity contribution in [1.29, 1.82) is 0 Å². The molecule has 330 valence electrons. The van der Waals surface area contributed by atoms with Gasteiger partial charge >= 0.3 is 11.9 Å². The molecule has 3 unspecified atom stereocenters. The fraction of sp³-hybridized carbons (Fsp3) is 0.356. The van der Waals surface area contributed by atoms with Gasteiger partial charge in [-0.1, -0.05) is 61.0 Å². The number of amides is 3. The zero-order valence-electron chi connectivity index (χ0n) is 34.2. The van der Waals surface area contributed by atoms with Gasteiger partial charge in [-0.2, -0.15) is 8.78 Å². The number of rotatable bonds is 19. The highest BCUT2D eigenvalue weighted by Crippen LogP contribution is 2.42. The van der Waals surface area contributed by atoms with Crippen LogP contribution in [0.4, 0.5) is 23.2 Å². The first-order valence-corrected chi connectivity index (χ1v) is 19.7. The van der Waals surface area contributed by atoms with Crippen molar-refractivity contribution in [3.8, 4) is 17.2 Å². The van der Waals surface area contributed by atoms with E-state index < -0.39 is 101 Å². The van der Waals surface area contributed by atoms with Crippen molar-refractivity contribution in [2.75, 3.05) is 11.9 Å². The van der Waals surface area contributed by atoms with E-state index in [0.29, 0.717) is 17.9 Å². The van der Waals surface area contributed by atoms with Crippen LogP contribution in [0.3, 0.4) is 0 Å². The monoisotopic (exact) mass is 865 g/mol. The van der Waals surface area contributed by atoms with E-state index in [2.05, 4.69) is 16.0 Å². The van der Waals surface area contributed by atoms with E-state index in [-0.39, 0.29) is 44.0 Å². The molecule has 13 nitrogen and oxygen atoms in total. The molecule has 1 aliphatic rings. The van der Waals surface area contributed by atoms with Crippen LogP contribution in [0.1, 0.15) is 64.9 Å². The normalized spacial score (nSPS) is 14.5. The third kappa shape index (κ3) is 12.8. The molecule has 0 heterocycles. The number of halogens is 4. The van der Waals surface area contributed by atoms with E-state index in [1.807, 2.05) is 6.07 Å². The Labute approximate surface area is 355 Å². The van der Waals surface area contributed by atoms with Crippen molar-refractivity contribution in [2.45, 2.75) is 89.7 Å². The molecular formula is C45H47F4N3O10. The summed E-state index contributed by atoms with van der Waals surface area (Å²) in [5, 5.41) is 18.9. The number of nitrogens with one attached hydrogen (secondary N) is 3. The van der Waals surface area contributed by atoms with Crippen LogP contribution >= 0.6 is 0 Å². The van der Waals surface area contributed by atoms with E-state index in [4.69, 9.17) is 18.9 Å². The molecule has 0 saturated heterocycles. The summed E-state index contributed by atoms with van der Waals surface area (Å²) in [5.41, 5.74) is -1.87. The van der Waals surface area contributed by atoms with Gasteiger partial charge < -0.3 is 40.0 Å². The summed E-state index contributed by atoms with van der Waals surface area (Å²) in [6.07, 6.45) is -2.97. The lowest BCUT2D eigenvalue weighted by Gasteiger charge is -2.40. The first-order chi connectivity index (χ1) is 29.4. The Morgan fingerprint density at radius 3 is 2.00 bits per heavy atom. The molecule has 3 amide bonds. The van der Waals surface area contributed by atoms with Crippen molar-refractivity contribution < 1.29 is 65.6 Å². The minimum absolute atomic E-state index is 0.0337. The maximum atomic E-state index is 14.4. The smallest absolute Gasteiger partial charge is 0.308 e. The van der Waals surface area contributed by atoms with Crippen LogP contribution in [0.15, 0.2) is 91.0 Å².